The quantitative estimate of drug-likeness (QED) is 0.612. The molecule has 0 radical (unpaired) electrons. The Bertz CT molecular complexity index is 1180. The maximum Gasteiger partial charge on any atom is 0.328 e. The van der Waals surface area contributed by atoms with Crippen LogP contribution in [0, 0.1) is 13.8 Å². The molecule has 1 aliphatic rings. The second kappa shape index (κ2) is 7.22. The predicted molar refractivity (Wildman–Crippen MR) is 113 cm³/mol. The number of para-hydroxylation sites is 1. The molecule has 0 amide bonds. The van der Waals surface area contributed by atoms with Crippen LogP contribution in [0.15, 0.2) is 53.4 Å². The van der Waals surface area contributed by atoms with E-state index in [1.807, 2.05) is 30.0 Å². The highest BCUT2D eigenvalue weighted by Crippen LogP contribution is 2.39. The van der Waals surface area contributed by atoms with E-state index in [0.29, 0.717) is 24.2 Å². The Balaban J connectivity index is 1.95. The predicted octanol–water partition coefficient (Wildman–Crippen LogP) is 3.64. The molecule has 1 fully saturated rings. The van der Waals surface area contributed by atoms with Gasteiger partial charge >= 0.3 is 5.97 Å². The summed E-state index contributed by atoms with van der Waals surface area (Å²) in [5, 5.41) is 0.816. The Labute approximate surface area is 170 Å². The van der Waals surface area contributed by atoms with Crippen LogP contribution in [0.4, 0.5) is 5.69 Å². The fourth-order valence-corrected chi connectivity index (χ4v) is 5.78. The number of rotatable bonds is 4. The zero-order valence-corrected chi connectivity index (χ0v) is 17.6. The first-order valence-corrected chi connectivity index (χ1v) is 11.1. The number of fused-ring (bicyclic) bond motifs is 1. The van der Waals surface area contributed by atoms with Gasteiger partial charge in [0.25, 0.3) is 10.0 Å². The van der Waals surface area contributed by atoms with Crippen molar-refractivity contribution in [2.24, 2.45) is 0 Å². The topological polar surface area (TPSA) is 68.6 Å². The highest BCUT2D eigenvalue weighted by Gasteiger charge is 2.36. The molecule has 152 valence electrons. The molecule has 1 saturated heterocycles. The molecule has 29 heavy (non-hydrogen) atoms. The summed E-state index contributed by atoms with van der Waals surface area (Å²) in [5.74, 6) is -0.292. The molecule has 0 unspecified atom stereocenters. The van der Waals surface area contributed by atoms with E-state index in [2.05, 4.69) is 0 Å². The lowest BCUT2D eigenvalue weighted by molar-refractivity contribution is -0.141. The van der Waals surface area contributed by atoms with Crippen molar-refractivity contribution in [3.05, 3.63) is 59.8 Å². The summed E-state index contributed by atoms with van der Waals surface area (Å²) in [6, 6.07) is 13.9. The van der Waals surface area contributed by atoms with Gasteiger partial charge in [0.15, 0.2) is 0 Å². The molecule has 2 heterocycles. The zero-order chi connectivity index (χ0) is 20.8. The Morgan fingerprint density at radius 2 is 1.76 bits per heavy atom. The number of carbonyl (C=O) groups excluding carboxylic acids is 1. The lowest BCUT2D eigenvalue weighted by atomic mass is 10.1. The lowest BCUT2D eigenvalue weighted by Crippen LogP contribution is -2.37. The molecule has 0 aliphatic carbocycles. The van der Waals surface area contributed by atoms with Gasteiger partial charge in [0.2, 0.25) is 0 Å². The third kappa shape index (κ3) is 3.09. The van der Waals surface area contributed by atoms with Crippen molar-refractivity contribution in [1.82, 2.24) is 3.97 Å². The Morgan fingerprint density at radius 3 is 2.45 bits per heavy atom. The number of aromatic nitrogens is 1. The van der Waals surface area contributed by atoms with Crippen LogP contribution in [-0.4, -0.2) is 38.1 Å². The van der Waals surface area contributed by atoms with Crippen molar-refractivity contribution in [3.8, 4) is 0 Å². The average Bonchev–Trinajstić information content (AvgIpc) is 3.29. The number of hydrogen-bond donors (Lipinski definition) is 0. The number of methoxy groups -OCH3 is 1. The number of aryl methyl sites for hydroxylation is 1. The summed E-state index contributed by atoms with van der Waals surface area (Å²) >= 11 is 0. The third-order valence-corrected chi connectivity index (χ3v) is 7.42. The normalized spacial score (nSPS) is 17.1. The Kier molecular flexibility index (Phi) is 4.86. The molecule has 6 nitrogen and oxygen atoms in total. The van der Waals surface area contributed by atoms with E-state index in [1.54, 1.807) is 37.3 Å². The summed E-state index contributed by atoms with van der Waals surface area (Å²) in [7, 11) is -2.41. The summed E-state index contributed by atoms with van der Waals surface area (Å²) in [4.78, 5) is 14.5. The number of benzene rings is 2. The average molecular weight is 413 g/mol. The number of esters is 1. The van der Waals surface area contributed by atoms with Gasteiger partial charge in [-0.2, -0.15) is 0 Å². The van der Waals surface area contributed by atoms with Crippen molar-refractivity contribution in [2.45, 2.75) is 37.6 Å². The molecule has 1 aromatic heterocycles. The van der Waals surface area contributed by atoms with Gasteiger partial charge in [-0.25, -0.2) is 17.2 Å². The molecule has 0 N–H and O–H groups in total. The van der Waals surface area contributed by atoms with E-state index in [9.17, 15) is 13.2 Å². The maximum atomic E-state index is 13.5. The number of ether oxygens (including phenoxy) is 1. The minimum absolute atomic E-state index is 0.240. The summed E-state index contributed by atoms with van der Waals surface area (Å²) in [5.41, 5.74) is 2.99. The molecule has 1 atom stereocenters. The number of nitrogens with zero attached hydrogens (tertiary/aromatic N) is 2. The van der Waals surface area contributed by atoms with E-state index >= 15 is 0 Å². The first-order chi connectivity index (χ1) is 13.9. The van der Waals surface area contributed by atoms with Crippen LogP contribution in [0.2, 0.25) is 0 Å². The van der Waals surface area contributed by atoms with Crippen LogP contribution in [0.5, 0.6) is 0 Å². The Morgan fingerprint density at radius 1 is 1.07 bits per heavy atom. The second-order valence-corrected chi connectivity index (χ2v) is 9.19. The molecule has 0 bridgehead atoms. The highest BCUT2D eigenvalue weighted by atomic mass is 32.2. The van der Waals surface area contributed by atoms with Crippen LogP contribution < -0.4 is 4.90 Å². The fourth-order valence-electron chi connectivity index (χ4n) is 4.23. The first-order valence-electron chi connectivity index (χ1n) is 9.63. The standard InChI is InChI=1S/C22H24N2O4S/c1-15-10-12-17(13-11-15)29(26,27)24-16(2)21(18-7-4-5-8-19(18)24)23-14-6-9-20(23)22(25)28-3/h4-5,7-8,10-13,20H,6,9,14H2,1-3H3/t20-/m0/s1. The summed E-state index contributed by atoms with van der Waals surface area (Å²) in [6.45, 7) is 4.40. The van der Waals surface area contributed by atoms with Crippen molar-refractivity contribution in [1.29, 1.82) is 0 Å². The molecular weight excluding hydrogens is 388 g/mol. The van der Waals surface area contributed by atoms with Crippen LogP contribution >= 0.6 is 0 Å². The SMILES string of the molecule is COC(=O)[C@@H]1CCCN1c1c(C)n(S(=O)(=O)c2ccc(C)cc2)c2ccccc12. The smallest absolute Gasteiger partial charge is 0.328 e. The van der Waals surface area contributed by atoms with Gasteiger partial charge in [-0.15, -0.1) is 0 Å². The van der Waals surface area contributed by atoms with Crippen LogP contribution in [0.25, 0.3) is 10.9 Å². The van der Waals surface area contributed by atoms with Crippen LogP contribution in [0.1, 0.15) is 24.1 Å². The summed E-state index contributed by atoms with van der Waals surface area (Å²) in [6.07, 6.45) is 1.54. The maximum absolute atomic E-state index is 13.5. The minimum atomic E-state index is -3.79. The van der Waals surface area contributed by atoms with Gasteiger partial charge in [0, 0.05) is 11.9 Å². The van der Waals surface area contributed by atoms with E-state index in [-0.39, 0.29) is 10.9 Å². The molecule has 2 aromatic carbocycles. The van der Waals surface area contributed by atoms with Crippen molar-refractivity contribution in [3.63, 3.8) is 0 Å². The number of hydrogen-bond acceptors (Lipinski definition) is 5. The van der Waals surface area contributed by atoms with Crippen molar-refractivity contribution in [2.75, 3.05) is 18.6 Å². The zero-order valence-electron chi connectivity index (χ0n) is 16.8. The molecule has 7 heteroatoms. The van der Waals surface area contributed by atoms with Gasteiger partial charge in [0.1, 0.15) is 6.04 Å². The van der Waals surface area contributed by atoms with Gasteiger partial charge in [-0.05, 0) is 44.9 Å². The van der Waals surface area contributed by atoms with E-state index in [1.165, 1.54) is 11.1 Å². The van der Waals surface area contributed by atoms with E-state index in [0.717, 1.165) is 23.1 Å². The molecule has 4 rings (SSSR count). The number of anilines is 1. The lowest BCUT2D eigenvalue weighted by Gasteiger charge is -2.25. The van der Waals surface area contributed by atoms with Gasteiger partial charge < -0.3 is 9.64 Å². The third-order valence-electron chi connectivity index (χ3n) is 5.60. The fraction of sp³-hybridized carbons (Fsp3) is 0.318. The molecule has 0 spiro atoms. The van der Waals surface area contributed by atoms with Gasteiger partial charge in [0.05, 0.1) is 28.9 Å². The Hall–Kier alpha value is -2.80. The van der Waals surface area contributed by atoms with Crippen LogP contribution in [-0.2, 0) is 19.6 Å². The minimum Gasteiger partial charge on any atom is -0.467 e. The molecule has 3 aromatic rings. The summed E-state index contributed by atoms with van der Waals surface area (Å²) < 4.78 is 33.4. The van der Waals surface area contributed by atoms with Crippen LogP contribution in [0.3, 0.4) is 0 Å². The largest absolute Gasteiger partial charge is 0.467 e. The molecular formula is C22H24N2O4S. The first kappa shape index (κ1) is 19.5. The molecule has 1 aliphatic heterocycles. The monoisotopic (exact) mass is 412 g/mol. The van der Waals surface area contributed by atoms with Crippen molar-refractivity contribution < 1.29 is 17.9 Å². The van der Waals surface area contributed by atoms with E-state index in [4.69, 9.17) is 4.74 Å². The van der Waals surface area contributed by atoms with Crippen molar-refractivity contribution >= 4 is 32.6 Å². The highest BCUT2D eigenvalue weighted by molar-refractivity contribution is 7.90. The van der Waals surface area contributed by atoms with Gasteiger partial charge in [-0.3, -0.25) is 0 Å². The number of carbonyl (C=O) groups is 1. The van der Waals surface area contributed by atoms with E-state index < -0.39 is 16.1 Å². The van der Waals surface area contributed by atoms with Gasteiger partial charge in [-0.1, -0.05) is 35.9 Å². The second-order valence-electron chi connectivity index (χ2n) is 7.41. The molecule has 0 saturated carbocycles.